The van der Waals surface area contributed by atoms with Gasteiger partial charge in [0.2, 0.25) is 0 Å². The molecule has 4 nitrogen and oxygen atoms in total. The molecule has 0 atom stereocenters. The van der Waals surface area contributed by atoms with E-state index in [9.17, 15) is 9.59 Å². The van der Waals surface area contributed by atoms with E-state index in [-0.39, 0.29) is 23.3 Å². The molecule has 1 rings (SSSR count). The summed E-state index contributed by atoms with van der Waals surface area (Å²) in [6.45, 7) is 17.1. The highest BCUT2D eigenvalue weighted by Crippen LogP contribution is 2.56. The van der Waals surface area contributed by atoms with Crippen LogP contribution in [-0.4, -0.2) is 33.2 Å². The quantitative estimate of drug-likeness (QED) is 0.572. The zero-order valence-electron chi connectivity index (χ0n) is 15.7. The van der Waals surface area contributed by atoms with Crippen molar-refractivity contribution in [3.63, 3.8) is 0 Å². The first kappa shape index (κ1) is 19.7. The standard InChI is InChI=1S/C18H30O4Si/c1-9-21-15(19)13-11-23(17(3,4)5,18(6,7)8)12-14(13)16(20)22-10-2/h11-12H,9-10H2,1-8H3. The van der Waals surface area contributed by atoms with Crippen molar-refractivity contribution in [2.24, 2.45) is 0 Å². The summed E-state index contributed by atoms with van der Waals surface area (Å²) >= 11 is 0. The van der Waals surface area contributed by atoms with Crippen molar-refractivity contribution in [3.8, 4) is 0 Å². The number of esters is 2. The highest BCUT2D eigenvalue weighted by molar-refractivity contribution is 6.95. The number of carbonyl (C=O) groups is 2. The molecule has 0 aromatic carbocycles. The fourth-order valence-electron chi connectivity index (χ4n) is 3.40. The van der Waals surface area contributed by atoms with Gasteiger partial charge >= 0.3 is 11.9 Å². The van der Waals surface area contributed by atoms with Crippen LogP contribution in [0.3, 0.4) is 0 Å². The molecular formula is C18H30O4Si. The molecule has 0 radical (unpaired) electrons. The van der Waals surface area contributed by atoms with Gasteiger partial charge in [0, 0.05) is 0 Å². The normalized spacial score (nSPS) is 17.4. The fraction of sp³-hybridized carbons (Fsp3) is 0.667. The van der Waals surface area contributed by atoms with E-state index in [1.165, 1.54) is 0 Å². The average molecular weight is 339 g/mol. The first-order chi connectivity index (χ1) is 10.4. The second kappa shape index (κ2) is 6.63. The van der Waals surface area contributed by atoms with E-state index < -0.39 is 20.0 Å². The Morgan fingerprint density at radius 1 is 0.826 bits per heavy atom. The third-order valence-electron chi connectivity index (χ3n) is 4.51. The number of hydrogen-bond donors (Lipinski definition) is 0. The van der Waals surface area contributed by atoms with E-state index in [2.05, 4.69) is 41.5 Å². The van der Waals surface area contributed by atoms with Crippen LogP contribution >= 0.6 is 0 Å². The van der Waals surface area contributed by atoms with E-state index in [0.717, 1.165) is 0 Å². The zero-order chi connectivity index (χ0) is 18.1. The first-order valence-electron chi connectivity index (χ1n) is 8.21. The van der Waals surface area contributed by atoms with Gasteiger partial charge in [-0.05, 0) is 23.9 Å². The van der Waals surface area contributed by atoms with Crippen LogP contribution in [0.4, 0.5) is 0 Å². The Balaban J connectivity index is 3.56. The molecule has 5 heteroatoms. The van der Waals surface area contributed by atoms with Crippen molar-refractivity contribution >= 4 is 20.0 Å². The third kappa shape index (κ3) is 3.60. The maximum atomic E-state index is 12.4. The Labute approximate surface area is 140 Å². The van der Waals surface area contributed by atoms with Crippen molar-refractivity contribution in [3.05, 3.63) is 22.5 Å². The Morgan fingerprint density at radius 3 is 1.35 bits per heavy atom. The summed E-state index contributed by atoms with van der Waals surface area (Å²) in [5.41, 5.74) is 4.83. The summed E-state index contributed by atoms with van der Waals surface area (Å²) in [5.74, 6) is -0.871. The molecule has 0 saturated heterocycles. The lowest BCUT2D eigenvalue weighted by molar-refractivity contribution is -0.142. The van der Waals surface area contributed by atoms with E-state index >= 15 is 0 Å². The molecule has 1 heterocycles. The minimum absolute atomic E-state index is 0.0444. The SMILES string of the molecule is CCOC(=O)C1=C[Si](C(C)(C)C)(C(C)(C)C)C=C1C(=O)OCC. The maximum absolute atomic E-state index is 12.4. The van der Waals surface area contributed by atoms with Gasteiger partial charge in [-0.2, -0.15) is 0 Å². The number of ether oxygens (including phenoxy) is 2. The second-order valence-electron chi connectivity index (χ2n) is 7.93. The molecule has 0 unspecified atom stereocenters. The van der Waals surface area contributed by atoms with Crippen molar-refractivity contribution in [2.75, 3.05) is 13.2 Å². The molecule has 23 heavy (non-hydrogen) atoms. The van der Waals surface area contributed by atoms with Crippen LogP contribution in [-0.2, 0) is 19.1 Å². The van der Waals surface area contributed by atoms with Gasteiger partial charge in [0.1, 0.15) is 8.07 Å². The van der Waals surface area contributed by atoms with Crippen LogP contribution in [0.25, 0.3) is 0 Å². The van der Waals surface area contributed by atoms with Crippen LogP contribution in [0.1, 0.15) is 55.4 Å². The zero-order valence-corrected chi connectivity index (χ0v) is 16.7. The monoisotopic (exact) mass is 338 g/mol. The highest BCUT2D eigenvalue weighted by Gasteiger charge is 2.54. The lowest BCUT2D eigenvalue weighted by Gasteiger charge is -2.47. The number of rotatable bonds is 4. The van der Waals surface area contributed by atoms with Crippen LogP contribution in [0.2, 0.25) is 10.1 Å². The van der Waals surface area contributed by atoms with Gasteiger partial charge in [0.15, 0.2) is 0 Å². The van der Waals surface area contributed by atoms with E-state index in [4.69, 9.17) is 9.47 Å². The molecule has 0 bridgehead atoms. The smallest absolute Gasteiger partial charge is 0.338 e. The Bertz CT molecular complexity index is 494. The number of hydrogen-bond acceptors (Lipinski definition) is 4. The lowest BCUT2D eigenvalue weighted by atomic mass is 10.1. The van der Waals surface area contributed by atoms with Gasteiger partial charge in [-0.25, -0.2) is 9.59 Å². The van der Waals surface area contributed by atoms with Crippen molar-refractivity contribution in [1.29, 1.82) is 0 Å². The summed E-state index contributed by atoms with van der Waals surface area (Å²) in [7, 11) is -2.27. The van der Waals surface area contributed by atoms with Gasteiger partial charge < -0.3 is 9.47 Å². The molecule has 0 saturated carbocycles. The molecule has 0 amide bonds. The summed E-state index contributed by atoms with van der Waals surface area (Å²) in [4.78, 5) is 24.8. The van der Waals surface area contributed by atoms with Gasteiger partial charge in [0.05, 0.1) is 24.4 Å². The van der Waals surface area contributed by atoms with Crippen LogP contribution in [0.15, 0.2) is 22.5 Å². The molecule has 1 aliphatic rings. The van der Waals surface area contributed by atoms with E-state index in [1.807, 2.05) is 11.4 Å². The van der Waals surface area contributed by atoms with Crippen LogP contribution in [0.5, 0.6) is 0 Å². The van der Waals surface area contributed by atoms with Gasteiger partial charge in [-0.15, -0.1) is 0 Å². The molecular weight excluding hydrogens is 308 g/mol. The average Bonchev–Trinajstić information content (AvgIpc) is 2.80. The minimum Gasteiger partial charge on any atom is -0.462 e. The van der Waals surface area contributed by atoms with Gasteiger partial charge in [-0.3, -0.25) is 0 Å². The van der Waals surface area contributed by atoms with Gasteiger partial charge in [0.25, 0.3) is 0 Å². The van der Waals surface area contributed by atoms with E-state index in [0.29, 0.717) is 11.1 Å². The van der Waals surface area contributed by atoms with Crippen molar-refractivity contribution in [1.82, 2.24) is 0 Å². The molecule has 0 spiro atoms. The summed E-state index contributed by atoms with van der Waals surface area (Å²) in [5, 5.41) is -0.0888. The van der Waals surface area contributed by atoms with Crippen molar-refractivity contribution in [2.45, 2.75) is 65.5 Å². The lowest BCUT2D eigenvalue weighted by Crippen LogP contribution is -2.48. The predicted octanol–water partition coefficient (Wildman–Crippen LogP) is 4.11. The maximum Gasteiger partial charge on any atom is 0.338 e. The Kier molecular flexibility index (Phi) is 5.68. The van der Waals surface area contributed by atoms with Gasteiger partial charge in [-0.1, -0.05) is 52.9 Å². The molecule has 0 aromatic heterocycles. The Hall–Kier alpha value is -1.36. The van der Waals surface area contributed by atoms with Crippen molar-refractivity contribution < 1.29 is 19.1 Å². The largest absolute Gasteiger partial charge is 0.462 e. The summed E-state index contributed by atoms with van der Waals surface area (Å²) in [6.07, 6.45) is 0. The topological polar surface area (TPSA) is 52.6 Å². The molecule has 0 aromatic rings. The molecule has 130 valence electrons. The summed E-state index contributed by atoms with van der Waals surface area (Å²) < 4.78 is 10.3. The third-order valence-corrected chi connectivity index (χ3v) is 11.0. The molecule has 0 aliphatic carbocycles. The van der Waals surface area contributed by atoms with E-state index in [1.54, 1.807) is 13.8 Å². The second-order valence-corrected chi connectivity index (χ2v) is 13.2. The molecule has 0 N–H and O–H groups in total. The first-order valence-corrected chi connectivity index (χ1v) is 10.4. The minimum atomic E-state index is -2.27. The van der Waals surface area contributed by atoms with Crippen LogP contribution in [0, 0.1) is 0 Å². The predicted molar refractivity (Wildman–Crippen MR) is 94.6 cm³/mol. The summed E-state index contributed by atoms with van der Waals surface area (Å²) in [6, 6.07) is 0. The van der Waals surface area contributed by atoms with Crippen LogP contribution < -0.4 is 0 Å². The number of carbonyl (C=O) groups excluding carboxylic acids is 2. The molecule has 1 aliphatic heterocycles. The highest BCUT2D eigenvalue weighted by atomic mass is 28.3. The fourth-order valence-corrected chi connectivity index (χ4v) is 8.92. The Morgan fingerprint density at radius 2 is 1.13 bits per heavy atom. The molecule has 0 fully saturated rings.